The Morgan fingerprint density at radius 1 is 1.04 bits per heavy atom. The zero-order chi connectivity index (χ0) is 16.7. The van der Waals surface area contributed by atoms with Gasteiger partial charge in [0.25, 0.3) is 5.91 Å². The molecule has 1 N–H and O–H groups in total. The molecule has 1 aromatic rings. The van der Waals surface area contributed by atoms with Crippen LogP contribution < -0.4 is 0 Å². The van der Waals surface area contributed by atoms with E-state index in [1.807, 2.05) is 35.2 Å². The normalized spacial score (nSPS) is 30.0. The number of carbonyl (C=O) groups excluding carboxylic acids is 2. The van der Waals surface area contributed by atoms with Gasteiger partial charge in [-0.15, -0.1) is 0 Å². The number of carbonyl (C=O) groups is 2. The number of nitrogens with zero attached hydrogens (tertiary/aromatic N) is 2. The van der Waals surface area contributed by atoms with Crippen LogP contribution in [0.5, 0.6) is 0 Å². The van der Waals surface area contributed by atoms with Crippen LogP contribution in [0.15, 0.2) is 30.3 Å². The summed E-state index contributed by atoms with van der Waals surface area (Å²) in [4.78, 5) is 29.6. The van der Waals surface area contributed by atoms with Crippen molar-refractivity contribution in [1.29, 1.82) is 0 Å². The fourth-order valence-corrected chi connectivity index (χ4v) is 4.55. The molecule has 5 heteroatoms. The van der Waals surface area contributed by atoms with Crippen molar-refractivity contribution in [3.05, 3.63) is 35.9 Å². The highest BCUT2D eigenvalue weighted by Gasteiger charge is 2.49. The second kappa shape index (κ2) is 6.20. The Bertz CT molecular complexity index is 627. The molecule has 0 aromatic heterocycles. The summed E-state index contributed by atoms with van der Waals surface area (Å²) in [6, 6.07) is 9.11. The van der Waals surface area contributed by atoms with Crippen LogP contribution in [0.1, 0.15) is 42.5 Å². The average Bonchev–Trinajstić information content (AvgIpc) is 2.98. The molecule has 0 bridgehead atoms. The van der Waals surface area contributed by atoms with Gasteiger partial charge in [0.05, 0.1) is 6.10 Å². The standard InChI is InChI=1S/C19H24N2O3/c22-15-11-20(12-15)19(24)17-10-14-8-4-5-9-16(14)21(17)18(23)13-6-2-1-3-7-13/h1-3,6-7,14-17,22H,4-5,8-12H2. The monoisotopic (exact) mass is 328 g/mol. The Balaban J connectivity index is 1.61. The molecule has 2 saturated heterocycles. The maximum atomic E-state index is 13.1. The summed E-state index contributed by atoms with van der Waals surface area (Å²) in [5.74, 6) is 0.426. The third-order valence-corrected chi connectivity index (χ3v) is 5.80. The number of aliphatic hydroxyl groups is 1. The Morgan fingerprint density at radius 3 is 2.46 bits per heavy atom. The number of hydrogen-bond acceptors (Lipinski definition) is 3. The van der Waals surface area contributed by atoms with E-state index in [0.717, 1.165) is 25.7 Å². The number of hydrogen-bond donors (Lipinski definition) is 1. The summed E-state index contributed by atoms with van der Waals surface area (Å²) in [5.41, 5.74) is 0.658. The molecule has 1 aromatic carbocycles. The van der Waals surface area contributed by atoms with Gasteiger partial charge in [0.15, 0.2) is 0 Å². The lowest BCUT2D eigenvalue weighted by molar-refractivity contribution is -0.145. The first-order chi connectivity index (χ1) is 11.6. The largest absolute Gasteiger partial charge is 0.389 e. The lowest BCUT2D eigenvalue weighted by atomic mass is 9.84. The summed E-state index contributed by atoms with van der Waals surface area (Å²) in [6.07, 6.45) is 4.79. The van der Waals surface area contributed by atoms with Gasteiger partial charge in [-0.25, -0.2) is 0 Å². The molecule has 3 aliphatic rings. The highest BCUT2D eigenvalue weighted by Crippen LogP contribution is 2.41. The van der Waals surface area contributed by atoms with Crippen molar-refractivity contribution in [1.82, 2.24) is 9.80 Å². The SMILES string of the molecule is O=C(C1CC2CCCCC2N1C(=O)c1ccccc1)N1CC(O)C1. The van der Waals surface area contributed by atoms with Gasteiger partial charge in [0, 0.05) is 24.7 Å². The van der Waals surface area contributed by atoms with Crippen LogP contribution >= 0.6 is 0 Å². The number of rotatable bonds is 2. The van der Waals surface area contributed by atoms with Crippen LogP contribution in [0.25, 0.3) is 0 Å². The predicted molar refractivity (Wildman–Crippen MR) is 89.3 cm³/mol. The van der Waals surface area contributed by atoms with E-state index >= 15 is 0 Å². The van der Waals surface area contributed by atoms with Crippen molar-refractivity contribution in [3.63, 3.8) is 0 Å². The minimum absolute atomic E-state index is 0.0129. The highest BCUT2D eigenvalue weighted by atomic mass is 16.3. The Labute approximate surface area is 142 Å². The molecular weight excluding hydrogens is 304 g/mol. The molecule has 24 heavy (non-hydrogen) atoms. The van der Waals surface area contributed by atoms with Gasteiger partial charge in [0.2, 0.25) is 5.91 Å². The molecule has 2 amide bonds. The number of aliphatic hydroxyl groups excluding tert-OH is 1. The van der Waals surface area contributed by atoms with Crippen molar-refractivity contribution >= 4 is 11.8 Å². The van der Waals surface area contributed by atoms with Crippen LogP contribution in [0.2, 0.25) is 0 Å². The van der Waals surface area contributed by atoms with Crippen molar-refractivity contribution in [3.8, 4) is 0 Å². The topological polar surface area (TPSA) is 60.9 Å². The van der Waals surface area contributed by atoms with Gasteiger partial charge in [-0.1, -0.05) is 31.0 Å². The lowest BCUT2D eigenvalue weighted by Gasteiger charge is -2.40. The van der Waals surface area contributed by atoms with Gasteiger partial charge in [-0.2, -0.15) is 0 Å². The first kappa shape index (κ1) is 15.6. The molecule has 2 aliphatic heterocycles. The molecule has 3 fully saturated rings. The Morgan fingerprint density at radius 2 is 1.75 bits per heavy atom. The van der Waals surface area contributed by atoms with Crippen molar-refractivity contribution in [2.45, 2.75) is 50.3 Å². The number of benzene rings is 1. The predicted octanol–water partition coefficient (Wildman–Crippen LogP) is 1.66. The minimum atomic E-state index is -0.407. The van der Waals surface area contributed by atoms with Gasteiger partial charge < -0.3 is 14.9 Å². The zero-order valence-corrected chi connectivity index (χ0v) is 13.8. The summed E-state index contributed by atoms with van der Waals surface area (Å²) < 4.78 is 0. The second-order valence-corrected chi connectivity index (χ2v) is 7.34. The summed E-state index contributed by atoms with van der Waals surface area (Å²) in [6.45, 7) is 0.802. The lowest BCUT2D eigenvalue weighted by Crippen LogP contribution is -2.59. The maximum Gasteiger partial charge on any atom is 0.254 e. The van der Waals surface area contributed by atoms with E-state index in [4.69, 9.17) is 0 Å². The fraction of sp³-hybridized carbons (Fsp3) is 0.579. The van der Waals surface area contributed by atoms with Crippen molar-refractivity contribution in [2.75, 3.05) is 13.1 Å². The first-order valence-electron chi connectivity index (χ1n) is 8.99. The van der Waals surface area contributed by atoms with Gasteiger partial charge in [-0.3, -0.25) is 9.59 Å². The molecular formula is C19H24N2O3. The third kappa shape index (κ3) is 2.61. The van der Waals surface area contributed by atoms with Crippen LogP contribution in [0, 0.1) is 5.92 Å². The molecule has 3 atom stereocenters. The molecule has 1 saturated carbocycles. The summed E-state index contributed by atoms with van der Waals surface area (Å²) >= 11 is 0. The quantitative estimate of drug-likeness (QED) is 0.898. The van der Waals surface area contributed by atoms with Gasteiger partial charge in [0.1, 0.15) is 6.04 Å². The third-order valence-electron chi connectivity index (χ3n) is 5.80. The zero-order valence-electron chi connectivity index (χ0n) is 13.8. The van der Waals surface area contributed by atoms with E-state index < -0.39 is 6.10 Å². The van der Waals surface area contributed by atoms with Crippen LogP contribution in [0.3, 0.4) is 0 Å². The van der Waals surface area contributed by atoms with Crippen LogP contribution in [-0.2, 0) is 4.79 Å². The van der Waals surface area contributed by atoms with Crippen molar-refractivity contribution in [2.24, 2.45) is 5.92 Å². The molecule has 128 valence electrons. The van der Waals surface area contributed by atoms with E-state index in [-0.39, 0.29) is 23.9 Å². The molecule has 5 nitrogen and oxygen atoms in total. The van der Waals surface area contributed by atoms with Crippen LogP contribution in [-0.4, -0.2) is 58.0 Å². The number of likely N-dealkylation sites (tertiary alicyclic amines) is 2. The summed E-state index contributed by atoms with van der Waals surface area (Å²) in [7, 11) is 0. The molecule has 2 heterocycles. The molecule has 0 radical (unpaired) electrons. The first-order valence-corrected chi connectivity index (χ1v) is 8.99. The van der Waals surface area contributed by atoms with E-state index in [2.05, 4.69) is 0 Å². The highest BCUT2D eigenvalue weighted by molar-refractivity contribution is 5.98. The maximum absolute atomic E-state index is 13.1. The van der Waals surface area contributed by atoms with Crippen molar-refractivity contribution < 1.29 is 14.7 Å². The smallest absolute Gasteiger partial charge is 0.254 e. The molecule has 4 rings (SSSR count). The fourth-order valence-electron chi connectivity index (χ4n) is 4.55. The van der Waals surface area contributed by atoms with E-state index in [1.165, 1.54) is 6.42 Å². The molecule has 1 aliphatic carbocycles. The Hall–Kier alpha value is -1.88. The number of fused-ring (bicyclic) bond motifs is 1. The minimum Gasteiger partial charge on any atom is -0.389 e. The van der Waals surface area contributed by atoms with Gasteiger partial charge in [-0.05, 0) is 37.3 Å². The molecule has 0 spiro atoms. The van der Waals surface area contributed by atoms with Gasteiger partial charge >= 0.3 is 0 Å². The molecule has 3 unspecified atom stereocenters. The van der Waals surface area contributed by atoms with E-state index in [1.54, 1.807) is 4.90 Å². The summed E-state index contributed by atoms with van der Waals surface area (Å²) in [5, 5.41) is 9.50. The second-order valence-electron chi connectivity index (χ2n) is 7.34. The Kier molecular flexibility index (Phi) is 4.04. The number of amides is 2. The van der Waals surface area contributed by atoms with E-state index in [9.17, 15) is 14.7 Å². The van der Waals surface area contributed by atoms with Crippen LogP contribution in [0.4, 0.5) is 0 Å². The average molecular weight is 328 g/mol. The number of β-amino-alcohol motifs (C(OH)–C–C–N with tert-alkyl or cyclic N) is 1. The van der Waals surface area contributed by atoms with E-state index in [0.29, 0.717) is 24.6 Å².